The fraction of sp³-hybridized carbons (Fsp3) is 0.194. The number of rotatable bonds is 10. The zero-order valence-electron chi connectivity index (χ0n) is 20.2. The summed E-state index contributed by atoms with van der Waals surface area (Å²) in [6.45, 7) is 3.14. The molecule has 0 unspecified atom stereocenters. The van der Waals surface area contributed by atoms with Crippen LogP contribution in [0.3, 0.4) is 0 Å². The molecule has 0 radical (unpaired) electrons. The van der Waals surface area contributed by atoms with Gasteiger partial charge in [-0.25, -0.2) is 0 Å². The van der Waals surface area contributed by atoms with E-state index in [4.69, 9.17) is 14.2 Å². The number of ether oxygens (including phenoxy) is 3. The minimum atomic E-state index is -0.199. The van der Waals surface area contributed by atoms with Crippen molar-refractivity contribution in [2.45, 2.75) is 33.0 Å². The van der Waals surface area contributed by atoms with Crippen molar-refractivity contribution in [2.75, 3.05) is 7.11 Å². The molecule has 0 atom stereocenters. The largest absolute Gasteiger partial charge is 0.489 e. The first-order chi connectivity index (χ1) is 17.1. The third-order valence-electron chi connectivity index (χ3n) is 5.86. The maximum Gasteiger partial charge on any atom is 0.305 e. The van der Waals surface area contributed by atoms with Gasteiger partial charge in [-0.3, -0.25) is 4.79 Å². The van der Waals surface area contributed by atoms with Gasteiger partial charge in [0.2, 0.25) is 0 Å². The highest BCUT2D eigenvalue weighted by atomic mass is 16.5. The van der Waals surface area contributed by atoms with Crippen molar-refractivity contribution in [3.63, 3.8) is 0 Å². The van der Waals surface area contributed by atoms with E-state index in [9.17, 15) is 4.79 Å². The molecule has 0 aliphatic rings. The minimum absolute atomic E-state index is 0.199. The molecular formula is C31H30O4. The zero-order chi connectivity index (χ0) is 24.5. The molecule has 35 heavy (non-hydrogen) atoms. The maximum atomic E-state index is 11.3. The maximum absolute atomic E-state index is 11.3. The van der Waals surface area contributed by atoms with Crippen LogP contribution in [-0.2, 0) is 29.2 Å². The van der Waals surface area contributed by atoms with Gasteiger partial charge in [0, 0.05) is 6.42 Å². The summed E-state index contributed by atoms with van der Waals surface area (Å²) in [6.07, 6.45) is 1.04. The molecule has 0 N–H and O–H groups in total. The van der Waals surface area contributed by atoms with Crippen molar-refractivity contribution < 1.29 is 19.0 Å². The Kier molecular flexibility index (Phi) is 8.18. The average Bonchev–Trinajstić information content (AvgIpc) is 2.90. The molecule has 0 heterocycles. The summed E-state index contributed by atoms with van der Waals surface area (Å²) in [5, 5.41) is 0. The molecule has 0 aromatic heterocycles. The van der Waals surface area contributed by atoms with E-state index in [1.54, 1.807) is 0 Å². The molecule has 4 rings (SSSR count). The molecule has 0 saturated heterocycles. The van der Waals surface area contributed by atoms with Crippen LogP contribution in [0.4, 0.5) is 0 Å². The monoisotopic (exact) mass is 466 g/mol. The number of carbonyl (C=O) groups is 1. The lowest BCUT2D eigenvalue weighted by atomic mass is 9.99. The lowest BCUT2D eigenvalue weighted by molar-refractivity contribution is -0.140. The van der Waals surface area contributed by atoms with Gasteiger partial charge in [-0.15, -0.1) is 0 Å². The van der Waals surface area contributed by atoms with Crippen molar-refractivity contribution in [3.05, 3.63) is 119 Å². The summed E-state index contributed by atoms with van der Waals surface area (Å²) in [7, 11) is 1.41. The number of methoxy groups -OCH3 is 1. The van der Waals surface area contributed by atoms with Crippen LogP contribution in [0.2, 0.25) is 0 Å². The number of hydrogen-bond donors (Lipinski definition) is 0. The third kappa shape index (κ3) is 6.97. The van der Waals surface area contributed by atoms with Crippen molar-refractivity contribution >= 4 is 5.97 Å². The summed E-state index contributed by atoms with van der Waals surface area (Å²) in [6, 6.07) is 32.7. The van der Waals surface area contributed by atoms with Crippen molar-refractivity contribution in [1.82, 2.24) is 0 Å². The van der Waals surface area contributed by atoms with E-state index in [0.29, 0.717) is 26.1 Å². The smallest absolute Gasteiger partial charge is 0.305 e. The summed E-state index contributed by atoms with van der Waals surface area (Å²) >= 11 is 0. The molecule has 4 aromatic carbocycles. The lowest BCUT2D eigenvalue weighted by Gasteiger charge is -2.12. The Hall–Kier alpha value is -4.05. The fourth-order valence-electron chi connectivity index (χ4n) is 3.89. The quantitative estimate of drug-likeness (QED) is 0.238. The molecule has 0 amide bonds. The molecule has 0 bridgehead atoms. The van der Waals surface area contributed by atoms with Crippen LogP contribution in [-0.4, -0.2) is 13.1 Å². The topological polar surface area (TPSA) is 44.8 Å². The second-order valence-electron chi connectivity index (χ2n) is 8.46. The van der Waals surface area contributed by atoms with Gasteiger partial charge in [0.25, 0.3) is 0 Å². The highest BCUT2D eigenvalue weighted by Gasteiger charge is 2.07. The fourth-order valence-corrected chi connectivity index (χ4v) is 3.89. The van der Waals surface area contributed by atoms with E-state index >= 15 is 0 Å². The van der Waals surface area contributed by atoms with E-state index in [1.807, 2.05) is 48.5 Å². The normalized spacial score (nSPS) is 10.6. The first-order valence-corrected chi connectivity index (χ1v) is 11.8. The molecular weight excluding hydrogens is 436 g/mol. The van der Waals surface area contributed by atoms with Gasteiger partial charge >= 0.3 is 5.97 Å². The molecule has 4 aromatic rings. The van der Waals surface area contributed by atoms with Crippen LogP contribution in [0.15, 0.2) is 97.1 Å². The molecule has 0 fully saturated rings. The van der Waals surface area contributed by atoms with E-state index < -0.39 is 0 Å². The van der Waals surface area contributed by atoms with Gasteiger partial charge in [0.1, 0.15) is 24.7 Å². The average molecular weight is 467 g/mol. The SMILES string of the molecule is COC(=O)CCc1ccc(OCc2cccc(-c3ccc(OCc4ccccc4)cc3C)c2)cc1. The Bertz CT molecular complexity index is 1250. The second-order valence-corrected chi connectivity index (χ2v) is 8.46. The van der Waals surface area contributed by atoms with Gasteiger partial charge in [0.05, 0.1) is 7.11 Å². The second kappa shape index (κ2) is 11.9. The highest BCUT2D eigenvalue weighted by molar-refractivity contribution is 5.69. The predicted molar refractivity (Wildman–Crippen MR) is 138 cm³/mol. The first kappa shape index (κ1) is 24.1. The number of esters is 1. The summed E-state index contributed by atoms with van der Waals surface area (Å²) in [5.74, 6) is 1.47. The number of hydrogen-bond acceptors (Lipinski definition) is 4. The van der Waals surface area contributed by atoms with Crippen LogP contribution in [0.1, 0.15) is 28.7 Å². The van der Waals surface area contributed by atoms with E-state index in [0.717, 1.165) is 39.3 Å². The first-order valence-electron chi connectivity index (χ1n) is 11.8. The van der Waals surface area contributed by atoms with Crippen molar-refractivity contribution in [1.29, 1.82) is 0 Å². The minimum Gasteiger partial charge on any atom is -0.489 e. The Morgan fingerprint density at radius 3 is 2.11 bits per heavy atom. The third-order valence-corrected chi connectivity index (χ3v) is 5.86. The van der Waals surface area contributed by atoms with Crippen LogP contribution in [0.5, 0.6) is 11.5 Å². The predicted octanol–water partition coefficient (Wildman–Crippen LogP) is 6.93. The zero-order valence-corrected chi connectivity index (χ0v) is 20.2. The molecule has 0 aliphatic carbocycles. The van der Waals surface area contributed by atoms with Gasteiger partial charge in [-0.05, 0) is 77.1 Å². The van der Waals surface area contributed by atoms with Crippen LogP contribution < -0.4 is 9.47 Å². The van der Waals surface area contributed by atoms with Crippen molar-refractivity contribution in [2.24, 2.45) is 0 Å². The number of aryl methyl sites for hydroxylation is 2. The van der Waals surface area contributed by atoms with Gasteiger partial charge in [-0.2, -0.15) is 0 Å². The van der Waals surface area contributed by atoms with E-state index in [1.165, 1.54) is 12.7 Å². The molecule has 0 aliphatic heterocycles. The lowest BCUT2D eigenvalue weighted by Crippen LogP contribution is -2.02. The van der Waals surface area contributed by atoms with Gasteiger partial charge < -0.3 is 14.2 Å². The number of benzene rings is 4. The molecule has 4 heteroatoms. The summed E-state index contributed by atoms with van der Waals surface area (Å²) in [4.78, 5) is 11.3. The Morgan fingerprint density at radius 1 is 0.686 bits per heavy atom. The van der Waals surface area contributed by atoms with Gasteiger partial charge in [-0.1, -0.05) is 66.7 Å². The van der Waals surface area contributed by atoms with E-state index in [-0.39, 0.29) is 5.97 Å². The summed E-state index contributed by atoms with van der Waals surface area (Å²) < 4.78 is 16.7. The Labute approximate surface area is 207 Å². The Morgan fingerprint density at radius 2 is 1.37 bits per heavy atom. The standard InChI is InChI=1S/C31H30O4/c1-23-19-29(35-21-25-7-4-3-5-8-25)16-17-30(23)27-10-6-9-26(20-27)22-34-28-14-11-24(12-15-28)13-18-31(32)33-2/h3-12,14-17,19-20H,13,18,21-22H2,1-2H3. The van der Waals surface area contributed by atoms with Crippen molar-refractivity contribution in [3.8, 4) is 22.6 Å². The van der Waals surface area contributed by atoms with Gasteiger partial charge in [0.15, 0.2) is 0 Å². The summed E-state index contributed by atoms with van der Waals surface area (Å²) in [5.41, 5.74) is 6.82. The number of carbonyl (C=O) groups excluding carboxylic acids is 1. The molecule has 0 spiro atoms. The van der Waals surface area contributed by atoms with Crippen LogP contribution >= 0.6 is 0 Å². The molecule has 0 saturated carbocycles. The van der Waals surface area contributed by atoms with E-state index in [2.05, 4.69) is 55.5 Å². The van der Waals surface area contributed by atoms with Crippen LogP contribution in [0.25, 0.3) is 11.1 Å². The molecule has 4 nitrogen and oxygen atoms in total. The van der Waals surface area contributed by atoms with Crippen LogP contribution in [0, 0.1) is 6.92 Å². The Balaban J connectivity index is 1.35. The highest BCUT2D eigenvalue weighted by Crippen LogP contribution is 2.28. The molecule has 178 valence electrons.